The predicted octanol–water partition coefficient (Wildman–Crippen LogP) is 3.43. The Labute approximate surface area is 116 Å². The van der Waals surface area contributed by atoms with E-state index < -0.39 is 5.97 Å². The first-order valence-electron chi connectivity index (χ1n) is 5.96. The van der Waals surface area contributed by atoms with Crippen molar-refractivity contribution in [2.45, 2.75) is 31.8 Å². The zero-order valence-corrected chi connectivity index (χ0v) is 11.4. The first-order valence-corrected chi connectivity index (χ1v) is 6.72. The summed E-state index contributed by atoms with van der Waals surface area (Å²) >= 11 is 12.1. The topological polar surface area (TPSA) is 40.5 Å². The summed E-state index contributed by atoms with van der Waals surface area (Å²) in [6.45, 7) is 1.22. The number of hydrogen-bond donors (Lipinski definition) is 1. The van der Waals surface area contributed by atoms with Crippen molar-refractivity contribution < 1.29 is 9.90 Å². The standard InChI is InChI=1S/C13H15Cl2NO2/c14-11-3-1-2-9(13(11)15)8-16(10-4-5-10)7-6-12(17)18/h1-3,10H,4-8H2,(H,17,18). The van der Waals surface area contributed by atoms with Crippen LogP contribution in [0.2, 0.25) is 10.0 Å². The Hall–Kier alpha value is -0.770. The quantitative estimate of drug-likeness (QED) is 0.871. The summed E-state index contributed by atoms with van der Waals surface area (Å²) in [5.41, 5.74) is 0.960. The fourth-order valence-corrected chi connectivity index (χ4v) is 2.34. The van der Waals surface area contributed by atoms with Gasteiger partial charge in [-0.1, -0.05) is 35.3 Å². The van der Waals surface area contributed by atoms with Gasteiger partial charge in [0, 0.05) is 19.1 Å². The Bertz CT molecular complexity index is 447. The smallest absolute Gasteiger partial charge is 0.304 e. The molecular formula is C13H15Cl2NO2. The lowest BCUT2D eigenvalue weighted by atomic mass is 10.2. The summed E-state index contributed by atoms with van der Waals surface area (Å²) in [6.07, 6.45) is 2.43. The van der Waals surface area contributed by atoms with Crippen LogP contribution in [0.25, 0.3) is 0 Å². The first kappa shape index (κ1) is 13.7. The molecule has 1 N–H and O–H groups in total. The molecule has 1 aromatic carbocycles. The molecular weight excluding hydrogens is 273 g/mol. The fraction of sp³-hybridized carbons (Fsp3) is 0.462. The summed E-state index contributed by atoms with van der Waals surface area (Å²) in [5.74, 6) is -0.766. The van der Waals surface area contributed by atoms with Crippen LogP contribution in [0.3, 0.4) is 0 Å². The minimum absolute atomic E-state index is 0.161. The van der Waals surface area contributed by atoms with Gasteiger partial charge < -0.3 is 5.11 Å². The van der Waals surface area contributed by atoms with E-state index in [9.17, 15) is 4.79 Å². The number of halogens is 2. The molecule has 98 valence electrons. The van der Waals surface area contributed by atoms with Crippen molar-refractivity contribution >= 4 is 29.2 Å². The van der Waals surface area contributed by atoms with E-state index in [1.165, 1.54) is 0 Å². The Balaban J connectivity index is 2.04. The van der Waals surface area contributed by atoms with Gasteiger partial charge in [-0.2, -0.15) is 0 Å². The molecule has 1 aliphatic rings. The van der Waals surface area contributed by atoms with E-state index in [-0.39, 0.29) is 6.42 Å². The summed E-state index contributed by atoms with van der Waals surface area (Å²) in [7, 11) is 0. The van der Waals surface area contributed by atoms with Crippen LogP contribution in [0, 0.1) is 0 Å². The number of carboxylic acids is 1. The van der Waals surface area contributed by atoms with Gasteiger partial charge in [0.25, 0.3) is 0 Å². The summed E-state index contributed by atoms with van der Waals surface area (Å²) < 4.78 is 0. The molecule has 18 heavy (non-hydrogen) atoms. The fourth-order valence-electron chi connectivity index (χ4n) is 1.96. The molecule has 5 heteroatoms. The lowest BCUT2D eigenvalue weighted by molar-refractivity contribution is -0.137. The summed E-state index contributed by atoms with van der Waals surface area (Å²) in [6, 6.07) is 6.06. The van der Waals surface area contributed by atoms with Gasteiger partial charge in [-0.25, -0.2) is 0 Å². The molecule has 0 aromatic heterocycles. The van der Waals surface area contributed by atoms with E-state index in [2.05, 4.69) is 4.90 Å². The van der Waals surface area contributed by atoms with Crippen LogP contribution in [-0.2, 0) is 11.3 Å². The molecule has 0 bridgehead atoms. The van der Waals surface area contributed by atoms with Crippen LogP contribution >= 0.6 is 23.2 Å². The van der Waals surface area contributed by atoms with E-state index in [1.807, 2.05) is 12.1 Å². The molecule has 1 aromatic rings. The maximum Gasteiger partial charge on any atom is 0.304 e. The van der Waals surface area contributed by atoms with Gasteiger partial charge in [-0.15, -0.1) is 0 Å². The average molecular weight is 288 g/mol. The molecule has 1 aliphatic carbocycles. The predicted molar refractivity (Wildman–Crippen MR) is 72.1 cm³/mol. The van der Waals surface area contributed by atoms with Gasteiger partial charge in [-0.3, -0.25) is 9.69 Å². The SMILES string of the molecule is O=C(O)CCN(Cc1cccc(Cl)c1Cl)C1CC1. The highest BCUT2D eigenvalue weighted by Gasteiger charge is 2.29. The molecule has 2 rings (SSSR count). The van der Waals surface area contributed by atoms with Gasteiger partial charge in [0.1, 0.15) is 0 Å². The highest BCUT2D eigenvalue weighted by atomic mass is 35.5. The van der Waals surface area contributed by atoms with E-state index in [1.54, 1.807) is 6.07 Å². The monoisotopic (exact) mass is 287 g/mol. The van der Waals surface area contributed by atoms with Crippen LogP contribution in [0.4, 0.5) is 0 Å². The lowest BCUT2D eigenvalue weighted by Gasteiger charge is -2.22. The van der Waals surface area contributed by atoms with Crippen molar-refractivity contribution in [2.24, 2.45) is 0 Å². The molecule has 0 spiro atoms. The number of rotatable bonds is 6. The van der Waals surface area contributed by atoms with Gasteiger partial charge in [0.05, 0.1) is 16.5 Å². The molecule has 0 radical (unpaired) electrons. The Morgan fingerprint density at radius 3 is 2.72 bits per heavy atom. The Morgan fingerprint density at radius 2 is 2.11 bits per heavy atom. The highest BCUT2D eigenvalue weighted by Crippen LogP contribution is 2.31. The number of hydrogen-bond acceptors (Lipinski definition) is 2. The third-order valence-electron chi connectivity index (χ3n) is 3.08. The van der Waals surface area contributed by atoms with Crippen LogP contribution in [0.15, 0.2) is 18.2 Å². The second kappa shape index (κ2) is 5.91. The molecule has 0 atom stereocenters. The van der Waals surface area contributed by atoms with E-state index in [0.29, 0.717) is 29.2 Å². The van der Waals surface area contributed by atoms with Crippen molar-refractivity contribution in [1.82, 2.24) is 4.90 Å². The normalized spacial score (nSPS) is 15.1. The summed E-state index contributed by atoms with van der Waals surface area (Å²) in [4.78, 5) is 12.8. The second-order valence-electron chi connectivity index (χ2n) is 4.56. The minimum Gasteiger partial charge on any atom is -0.481 e. The van der Waals surface area contributed by atoms with Crippen molar-refractivity contribution in [3.8, 4) is 0 Å². The largest absolute Gasteiger partial charge is 0.481 e. The number of nitrogens with zero attached hydrogens (tertiary/aromatic N) is 1. The van der Waals surface area contributed by atoms with E-state index in [0.717, 1.165) is 18.4 Å². The van der Waals surface area contributed by atoms with Gasteiger partial charge in [-0.05, 0) is 24.5 Å². The number of benzene rings is 1. The zero-order chi connectivity index (χ0) is 13.1. The first-order chi connectivity index (χ1) is 8.58. The molecule has 3 nitrogen and oxygen atoms in total. The van der Waals surface area contributed by atoms with Gasteiger partial charge >= 0.3 is 5.97 Å². The van der Waals surface area contributed by atoms with Crippen LogP contribution < -0.4 is 0 Å². The van der Waals surface area contributed by atoms with Crippen molar-refractivity contribution in [2.75, 3.05) is 6.54 Å². The lowest BCUT2D eigenvalue weighted by Crippen LogP contribution is -2.28. The maximum atomic E-state index is 10.6. The van der Waals surface area contributed by atoms with E-state index in [4.69, 9.17) is 28.3 Å². The van der Waals surface area contributed by atoms with Crippen molar-refractivity contribution in [3.05, 3.63) is 33.8 Å². The molecule has 0 amide bonds. The summed E-state index contributed by atoms with van der Waals surface area (Å²) in [5, 5.41) is 9.87. The Kier molecular flexibility index (Phi) is 4.49. The number of aliphatic carboxylic acids is 1. The zero-order valence-electron chi connectivity index (χ0n) is 9.90. The molecule has 0 aliphatic heterocycles. The Morgan fingerprint density at radius 1 is 1.39 bits per heavy atom. The average Bonchev–Trinajstić information content (AvgIpc) is 3.13. The maximum absolute atomic E-state index is 10.6. The number of carboxylic acid groups (broad SMARTS) is 1. The van der Waals surface area contributed by atoms with Crippen molar-refractivity contribution in [3.63, 3.8) is 0 Å². The second-order valence-corrected chi connectivity index (χ2v) is 5.34. The molecule has 0 heterocycles. The minimum atomic E-state index is -0.766. The van der Waals surface area contributed by atoms with Crippen LogP contribution in [0.5, 0.6) is 0 Å². The van der Waals surface area contributed by atoms with Crippen LogP contribution in [-0.4, -0.2) is 28.6 Å². The van der Waals surface area contributed by atoms with Gasteiger partial charge in [0.15, 0.2) is 0 Å². The molecule has 1 saturated carbocycles. The van der Waals surface area contributed by atoms with Crippen LogP contribution in [0.1, 0.15) is 24.8 Å². The third-order valence-corrected chi connectivity index (χ3v) is 3.94. The molecule has 0 unspecified atom stereocenters. The molecule has 1 fully saturated rings. The van der Waals surface area contributed by atoms with Gasteiger partial charge in [0.2, 0.25) is 0 Å². The van der Waals surface area contributed by atoms with E-state index >= 15 is 0 Å². The third kappa shape index (κ3) is 3.61. The highest BCUT2D eigenvalue weighted by molar-refractivity contribution is 6.42. The molecule has 0 saturated heterocycles. The van der Waals surface area contributed by atoms with Crippen molar-refractivity contribution in [1.29, 1.82) is 0 Å². The number of carbonyl (C=O) groups is 1.